The van der Waals surface area contributed by atoms with Crippen molar-refractivity contribution in [3.05, 3.63) is 101 Å². The molecule has 2 aromatic heterocycles. The molecule has 0 radical (unpaired) electrons. The predicted molar refractivity (Wildman–Crippen MR) is 131 cm³/mol. The van der Waals surface area contributed by atoms with E-state index in [0.717, 1.165) is 5.56 Å². The average molecular weight is 489 g/mol. The lowest BCUT2D eigenvalue weighted by Gasteiger charge is -2.28. The van der Waals surface area contributed by atoms with Crippen molar-refractivity contribution in [3.8, 4) is 5.75 Å². The fourth-order valence-corrected chi connectivity index (χ4v) is 4.66. The van der Waals surface area contributed by atoms with E-state index in [0.29, 0.717) is 39.4 Å². The van der Waals surface area contributed by atoms with Crippen molar-refractivity contribution in [1.82, 2.24) is 19.7 Å². The van der Waals surface area contributed by atoms with Crippen molar-refractivity contribution in [2.75, 3.05) is 10.6 Å². The monoisotopic (exact) mass is 488 g/mol. The van der Waals surface area contributed by atoms with Crippen LogP contribution in [-0.2, 0) is 10.5 Å². The minimum Gasteiger partial charge on any atom is -0.508 e. The predicted octanol–water partition coefficient (Wildman–Crippen LogP) is 4.74. The molecule has 0 saturated heterocycles. The molecule has 5 rings (SSSR count). The van der Waals surface area contributed by atoms with Gasteiger partial charge in [0.1, 0.15) is 17.6 Å². The number of halogens is 1. The molecule has 10 heteroatoms. The molecule has 0 fully saturated rings. The summed E-state index contributed by atoms with van der Waals surface area (Å²) in [5, 5.41) is 20.9. The van der Waals surface area contributed by atoms with Gasteiger partial charge in [0.15, 0.2) is 0 Å². The first kappa shape index (κ1) is 22.6. The van der Waals surface area contributed by atoms with Gasteiger partial charge in [0, 0.05) is 17.6 Å². The van der Waals surface area contributed by atoms with Crippen molar-refractivity contribution in [2.24, 2.45) is 0 Å². The fourth-order valence-electron chi connectivity index (χ4n) is 3.84. The molecule has 0 unspecified atom stereocenters. The van der Waals surface area contributed by atoms with Crippen LogP contribution in [0.4, 0.5) is 16.0 Å². The van der Waals surface area contributed by atoms with E-state index in [1.54, 1.807) is 78.6 Å². The summed E-state index contributed by atoms with van der Waals surface area (Å²) in [4.78, 5) is 22.0. The highest BCUT2D eigenvalue weighted by molar-refractivity contribution is 7.98. The zero-order valence-electron chi connectivity index (χ0n) is 18.6. The summed E-state index contributed by atoms with van der Waals surface area (Å²) in [6, 6.07) is 16.1. The normalized spacial score (nSPS) is 14.9. The number of aromatic hydroxyl groups is 1. The van der Waals surface area contributed by atoms with Gasteiger partial charge in [0.2, 0.25) is 11.1 Å². The number of phenolic OH excluding ortho intramolecular Hbond substituents is 1. The van der Waals surface area contributed by atoms with Gasteiger partial charge in [-0.15, -0.1) is 5.10 Å². The SMILES string of the molecule is CC1=C(C(=O)Nc2cccnc2)[C@@H](c2ccc(O)cc2)n2nc(SCc3ccccc3F)nc2N1. The summed E-state index contributed by atoms with van der Waals surface area (Å²) in [5.74, 6) is 0.346. The molecule has 1 atom stereocenters. The second kappa shape index (κ2) is 9.59. The number of carbonyl (C=O) groups excluding carboxylic acids is 1. The number of nitrogens with zero attached hydrogens (tertiary/aromatic N) is 4. The molecular weight excluding hydrogens is 467 g/mol. The van der Waals surface area contributed by atoms with Crippen LogP contribution in [0.5, 0.6) is 5.75 Å². The number of anilines is 2. The van der Waals surface area contributed by atoms with Gasteiger partial charge in [-0.1, -0.05) is 42.1 Å². The lowest BCUT2D eigenvalue weighted by atomic mass is 9.95. The van der Waals surface area contributed by atoms with E-state index >= 15 is 0 Å². The number of phenols is 1. The van der Waals surface area contributed by atoms with Crippen LogP contribution in [0.25, 0.3) is 0 Å². The Hall–Kier alpha value is -4.18. The molecule has 3 heterocycles. The van der Waals surface area contributed by atoms with Crippen LogP contribution < -0.4 is 10.6 Å². The molecule has 3 N–H and O–H groups in total. The number of pyridine rings is 1. The molecule has 4 aromatic rings. The van der Waals surface area contributed by atoms with E-state index in [1.165, 1.54) is 17.8 Å². The molecular formula is C25H21FN6O2S. The quantitative estimate of drug-likeness (QED) is 0.337. The third kappa shape index (κ3) is 4.73. The van der Waals surface area contributed by atoms with Crippen LogP contribution >= 0.6 is 11.8 Å². The Balaban J connectivity index is 1.49. The van der Waals surface area contributed by atoms with Gasteiger partial charge in [-0.25, -0.2) is 9.07 Å². The molecule has 1 amide bonds. The van der Waals surface area contributed by atoms with Crippen LogP contribution in [0.3, 0.4) is 0 Å². The number of carbonyl (C=O) groups is 1. The molecule has 2 aromatic carbocycles. The van der Waals surface area contributed by atoms with Crippen molar-refractivity contribution in [2.45, 2.75) is 23.9 Å². The maximum absolute atomic E-state index is 14.1. The molecule has 1 aliphatic heterocycles. The molecule has 8 nitrogen and oxygen atoms in total. The van der Waals surface area contributed by atoms with E-state index in [2.05, 4.69) is 25.7 Å². The number of amides is 1. The van der Waals surface area contributed by atoms with Crippen molar-refractivity contribution in [1.29, 1.82) is 0 Å². The number of fused-ring (bicyclic) bond motifs is 1. The standard InChI is InChI=1S/C25H21FN6O2S/c1-15-21(23(34)29-18-6-4-12-27-13-18)22(16-8-10-19(33)11-9-16)32-24(28-15)30-25(31-32)35-14-17-5-2-3-7-20(17)26/h2-13,22,33H,14H2,1H3,(H,29,34)(H,28,30,31)/t22-/m1/s1. The van der Waals surface area contributed by atoms with E-state index in [1.807, 2.05) is 0 Å². The first-order valence-electron chi connectivity index (χ1n) is 10.8. The highest BCUT2D eigenvalue weighted by Gasteiger charge is 2.34. The average Bonchev–Trinajstić information content (AvgIpc) is 3.26. The largest absolute Gasteiger partial charge is 0.508 e. The topological polar surface area (TPSA) is 105 Å². The third-order valence-corrected chi connectivity index (χ3v) is 6.41. The second-order valence-electron chi connectivity index (χ2n) is 7.90. The molecule has 35 heavy (non-hydrogen) atoms. The molecule has 176 valence electrons. The molecule has 0 spiro atoms. The molecule has 0 saturated carbocycles. The highest BCUT2D eigenvalue weighted by atomic mass is 32.2. The Labute approximate surface area is 204 Å². The minimum absolute atomic E-state index is 0.115. The van der Waals surface area contributed by atoms with Gasteiger partial charge in [-0.05, 0) is 48.4 Å². The van der Waals surface area contributed by atoms with Crippen LogP contribution in [0, 0.1) is 5.82 Å². The van der Waals surface area contributed by atoms with Crippen LogP contribution in [0.1, 0.15) is 24.1 Å². The lowest BCUT2D eigenvalue weighted by molar-refractivity contribution is -0.113. The van der Waals surface area contributed by atoms with E-state index < -0.39 is 6.04 Å². The van der Waals surface area contributed by atoms with Crippen LogP contribution in [-0.4, -0.2) is 30.8 Å². The fraction of sp³-hybridized carbons (Fsp3) is 0.120. The first-order chi connectivity index (χ1) is 17.0. The Kier molecular flexibility index (Phi) is 6.19. The van der Waals surface area contributed by atoms with Gasteiger partial charge >= 0.3 is 0 Å². The van der Waals surface area contributed by atoms with Gasteiger partial charge in [-0.2, -0.15) is 4.98 Å². The Morgan fingerprint density at radius 3 is 2.71 bits per heavy atom. The number of thioether (sulfide) groups is 1. The summed E-state index contributed by atoms with van der Waals surface area (Å²) >= 11 is 1.30. The summed E-state index contributed by atoms with van der Waals surface area (Å²) in [6.07, 6.45) is 3.20. The van der Waals surface area contributed by atoms with E-state index in [9.17, 15) is 14.3 Å². The number of hydrogen-bond acceptors (Lipinski definition) is 7. The summed E-state index contributed by atoms with van der Waals surface area (Å²) < 4.78 is 15.7. The third-order valence-electron chi connectivity index (χ3n) is 5.52. The van der Waals surface area contributed by atoms with Crippen molar-refractivity contribution >= 4 is 29.3 Å². The molecule has 0 aliphatic carbocycles. The van der Waals surface area contributed by atoms with Crippen LogP contribution in [0.15, 0.2) is 89.5 Å². The Morgan fingerprint density at radius 1 is 1.17 bits per heavy atom. The van der Waals surface area contributed by atoms with Gasteiger partial charge < -0.3 is 15.7 Å². The Morgan fingerprint density at radius 2 is 1.97 bits per heavy atom. The minimum atomic E-state index is -0.598. The van der Waals surface area contributed by atoms with Gasteiger partial charge in [-0.3, -0.25) is 9.78 Å². The number of nitrogens with one attached hydrogen (secondary N) is 2. The molecule has 1 aliphatic rings. The van der Waals surface area contributed by atoms with Crippen molar-refractivity contribution < 1.29 is 14.3 Å². The maximum Gasteiger partial charge on any atom is 0.255 e. The number of allylic oxidation sites excluding steroid dienone is 1. The van der Waals surface area contributed by atoms with Gasteiger partial charge in [0.05, 0.1) is 17.5 Å². The zero-order chi connectivity index (χ0) is 24.4. The first-order valence-corrected chi connectivity index (χ1v) is 11.8. The van der Waals surface area contributed by atoms with E-state index in [-0.39, 0.29) is 17.5 Å². The van der Waals surface area contributed by atoms with E-state index in [4.69, 9.17) is 0 Å². The number of benzene rings is 2. The lowest BCUT2D eigenvalue weighted by Crippen LogP contribution is -2.31. The summed E-state index contributed by atoms with van der Waals surface area (Å²) in [6.45, 7) is 1.80. The number of hydrogen-bond donors (Lipinski definition) is 3. The van der Waals surface area contributed by atoms with Gasteiger partial charge in [0.25, 0.3) is 5.91 Å². The number of aromatic nitrogens is 4. The van der Waals surface area contributed by atoms with Crippen LogP contribution in [0.2, 0.25) is 0 Å². The zero-order valence-corrected chi connectivity index (χ0v) is 19.5. The second-order valence-corrected chi connectivity index (χ2v) is 8.84. The highest BCUT2D eigenvalue weighted by Crippen LogP contribution is 2.37. The Bertz CT molecular complexity index is 1410. The summed E-state index contributed by atoms with van der Waals surface area (Å²) in [7, 11) is 0. The number of rotatable bonds is 6. The summed E-state index contributed by atoms with van der Waals surface area (Å²) in [5.41, 5.74) is 2.93. The van der Waals surface area contributed by atoms with Crippen molar-refractivity contribution in [3.63, 3.8) is 0 Å². The smallest absolute Gasteiger partial charge is 0.255 e. The molecule has 0 bridgehead atoms. The maximum atomic E-state index is 14.1.